The van der Waals surface area contributed by atoms with Crippen molar-refractivity contribution in [2.75, 3.05) is 17.2 Å². The van der Waals surface area contributed by atoms with Gasteiger partial charge in [-0.05, 0) is 45.2 Å². The number of pyridine rings is 1. The molecule has 39 heavy (non-hydrogen) atoms. The minimum Gasteiger partial charge on any atom is -0.404 e. The van der Waals surface area contributed by atoms with Gasteiger partial charge >= 0.3 is 0 Å². The molecule has 11 nitrogen and oxygen atoms in total. The molecule has 1 saturated heterocycles. The highest BCUT2D eigenvalue weighted by Crippen LogP contribution is 2.31. The lowest BCUT2D eigenvalue weighted by Gasteiger charge is -2.30. The van der Waals surface area contributed by atoms with E-state index in [2.05, 4.69) is 35.6 Å². The molecule has 3 aromatic heterocycles. The summed E-state index contributed by atoms with van der Waals surface area (Å²) in [5.41, 5.74) is 9.38. The Balaban J connectivity index is 1.22. The fourth-order valence-electron chi connectivity index (χ4n) is 5.58. The van der Waals surface area contributed by atoms with Crippen molar-refractivity contribution in [2.45, 2.75) is 64.0 Å². The number of amides is 2. The molecule has 0 spiro atoms. The standard InChI is InChI=1S/C28H35N9O2/c1-18-24(35-28(39)23(12-29)26-16-31-25(15-32-26)19-13-33-36(2)17-19)10-20(14-30-18)34-27(38)11-22-8-5-9-37(22)21-6-3-4-7-21/h10,12-17,21-22H,3-9,11,29H2,1-2H3,(H,34,38)(H,35,39)/b23-12+. The second-order valence-corrected chi connectivity index (χ2v) is 10.3. The number of rotatable bonds is 8. The average Bonchev–Trinajstić information content (AvgIpc) is 3.69. The molecule has 2 amide bonds. The lowest BCUT2D eigenvalue weighted by atomic mass is 10.1. The molecule has 2 fully saturated rings. The van der Waals surface area contributed by atoms with Crippen LogP contribution in [0.25, 0.3) is 16.8 Å². The first-order valence-electron chi connectivity index (χ1n) is 13.5. The predicted molar refractivity (Wildman–Crippen MR) is 149 cm³/mol. The Labute approximate surface area is 227 Å². The van der Waals surface area contributed by atoms with E-state index < -0.39 is 5.91 Å². The number of carbonyl (C=O) groups is 2. The van der Waals surface area contributed by atoms with Gasteiger partial charge in [0.05, 0.1) is 58.8 Å². The Kier molecular flexibility index (Phi) is 7.97. The van der Waals surface area contributed by atoms with Gasteiger partial charge in [-0.1, -0.05) is 12.8 Å². The summed E-state index contributed by atoms with van der Waals surface area (Å²) in [7, 11) is 1.82. The van der Waals surface area contributed by atoms with Gasteiger partial charge in [0, 0.05) is 43.5 Å². The minimum atomic E-state index is -0.451. The van der Waals surface area contributed by atoms with Crippen LogP contribution in [-0.4, -0.2) is 60.1 Å². The zero-order valence-corrected chi connectivity index (χ0v) is 22.4. The molecule has 1 atom stereocenters. The van der Waals surface area contributed by atoms with Crippen LogP contribution in [0, 0.1) is 6.92 Å². The summed E-state index contributed by atoms with van der Waals surface area (Å²) in [5, 5.41) is 9.96. The van der Waals surface area contributed by atoms with E-state index in [9.17, 15) is 9.59 Å². The molecule has 4 heterocycles. The molecule has 2 aliphatic rings. The fourth-order valence-corrected chi connectivity index (χ4v) is 5.58. The van der Waals surface area contributed by atoms with Crippen LogP contribution in [0.4, 0.5) is 11.4 Å². The van der Waals surface area contributed by atoms with E-state index in [1.165, 1.54) is 38.1 Å². The Morgan fingerprint density at radius 1 is 1.05 bits per heavy atom. The second-order valence-electron chi connectivity index (χ2n) is 10.3. The summed E-state index contributed by atoms with van der Waals surface area (Å²) in [4.78, 5) is 41.7. The maximum absolute atomic E-state index is 13.1. The first-order chi connectivity index (χ1) is 18.9. The first kappa shape index (κ1) is 26.5. The normalized spacial score (nSPS) is 18.4. The number of aryl methyl sites for hydroxylation is 2. The number of nitrogens with one attached hydrogen (secondary N) is 2. The lowest BCUT2D eigenvalue weighted by Crippen LogP contribution is -2.39. The monoisotopic (exact) mass is 529 g/mol. The molecular formula is C28H35N9O2. The summed E-state index contributed by atoms with van der Waals surface area (Å²) in [6.07, 6.45) is 17.1. The molecule has 204 valence electrons. The van der Waals surface area contributed by atoms with E-state index in [0.717, 1.165) is 24.9 Å². The van der Waals surface area contributed by atoms with Gasteiger partial charge < -0.3 is 16.4 Å². The number of hydrogen-bond donors (Lipinski definition) is 3. The highest BCUT2D eigenvalue weighted by molar-refractivity contribution is 6.24. The Morgan fingerprint density at radius 3 is 2.56 bits per heavy atom. The number of aromatic nitrogens is 5. The summed E-state index contributed by atoms with van der Waals surface area (Å²) < 4.78 is 1.68. The third-order valence-electron chi connectivity index (χ3n) is 7.60. The van der Waals surface area contributed by atoms with Gasteiger partial charge in [0.25, 0.3) is 5.91 Å². The van der Waals surface area contributed by atoms with Gasteiger partial charge in [0.2, 0.25) is 5.91 Å². The molecule has 1 unspecified atom stereocenters. The van der Waals surface area contributed by atoms with E-state index >= 15 is 0 Å². The number of carbonyl (C=O) groups excluding carboxylic acids is 2. The number of nitrogens with zero attached hydrogens (tertiary/aromatic N) is 6. The van der Waals surface area contributed by atoms with Crippen molar-refractivity contribution >= 4 is 28.8 Å². The second kappa shape index (κ2) is 11.7. The third kappa shape index (κ3) is 6.14. The van der Waals surface area contributed by atoms with Crippen LogP contribution in [0.3, 0.4) is 0 Å². The summed E-state index contributed by atoms with van der Waals surface area (Å²) in [5.74, 6) is -0.494. The van der Waals surface area contributed by atoms with Crippen molar-refractivity contribution in [1.82, 2.24) is 29.6 Å². The van der Waals surface area contributed by atoms with E-state index in [4.69, 9.17) is 5.73 Å². The summed E-state index contributed by atoms with van der Waals surface area (Å²) in [6, 6.07) is 2.62. The predicted octanol–water partition coefficient (Wildman–Crippen LogP) is 3.25. The van der Waals surface area contributed by atoms with Crippen LogP contribution >= 0.6 is 0 Å². The van der Waals surface area contributed by atoms with E-state index in [1.54, 1.807) is 36.3 Å². The molecule has 1 saturated carbocycles. The molecule has 5 rings (SSSR count). The quantitative estimate of drug-likeness (QED) is 0.377. The first-order valence-corrected chi connectivity index (χ1v) is 13.5. The highest BCUT2D eigenvalue weighted by atomic mass is 16.2. The molecule has 3 aromatic rings. The van der Waals surface area contributed by atoms with Crippen molar-refractivity contribution < 1.29 is 9.59 Å². The topological polar surface area (TPSA) is 144 Å². The molecule has 11 heteroatoms. The lowest BCUT2D eigenvalue weighted by molar-refractivity contribution is -0.117. The summed E-state index contributed by atoms with van der Waals surface area (Å²) >= 11 is 0. The SMILES string of the molecule is Cc1ncc(NC(=O)CC2CCCN2C2CCCC2)cc1NC(=O)/C(=C/N)c1cnc(-c2cnn(C)c2)cn1. The van der Waals surface area contributed by atoms with Gasteiger partial charge in [-0.3, -0.25) is 34.1 Å². The smallest absolute Gasteiger partial charge is 0.259 e. The van der Waals surface area contributed by atoms with Gasteiger partial charge in [-0.25, -0.2) is 0 Å². The largest absolute Gasteiger partial charge is 0.404 e. The molecule has 0 radical (unpaired) electrons. The van der Waals surface area contributed by atoms with E-state index in [1.807, 2.05) is 13.2 Å². The van der Waals surface area contributed by atoms with Crippen LogP contribution < -0.4 is 16.4 Å². The Morgan fingerprint density at radius 2 is 1.87 bits per heavy atom. The van der Waals surface area contributed by atoms with Gasteiger partial charge in [-0.15, -0.1) is 0 Å². The van der Waals surface area contributed by atoms with Crippen LogP contribution in [0.1, 0.15) is 56.3 Å². The Hall–Kier alpha value is -4.12. The van der Waals surface area contributed by atoms with Crippen LogP contribution in [0.15, 0.2) is 43.3 Å². The molecule has 1 aliphatic carbocycles. The third-order valence-corrected chi connectivity index (χ3v) is 7.60. The zero-order valence-electron chi connectivity index (χ0n) is 22.4. The van der Waals surface area contributed by atoms with Crippen LogP contribution in [0.5, 0.6) is 0 Å². The molecule has 0 aromatic carbocycles. The van der Waals surface area contributed by atoms with E-state index in [-0.39, 0.29) is 17.5 Å². The number of hydrogen-bond acceptors (Lipinski definition) is 8. The van der Waals surface area contributed by atoms with Crippen molar-refractivity contribution in [3.8, 4) is 11.3 Å². The highest BCUT2D eigenvalue weighted by Gasteiger charge is 2.33. The number of anilines is 2. The van der Waals surface area contributed by atoms with Crippen LogP contribution in [0.2, 0.25) is 0 Å². The van der Waals surface area contributed by atoms with Crippen LogP contribution in [-0.2, 0) is 16.6 Å². The van der Waals surface area contributed by atoms with Crippen molar-refractivity contribution in [2.24, 2.45) is 12.8 Å². The van der Waals surface area contributed by atoms with Gasteiger partial charge in [0.1, 0.15) is 0 Å². The molecule has 0 bridgehead atoms. The Bertz CT molecular complexity index is 1360. The van der Waals surface area contributed by atoms with Crippen molar-refractivity contribution in [1.29, 1.82) is 0 Å². The van der Waals surface area contributed by atoms with Gasteiger partial charge in [0.15, 0.2) is 0 Å². The van der Waals surface area contributed by atoms with Gasteiger partial charge in [-0.2, -0.15) is 5.10 Å². The van der Waals surface area contributed by atoms with Crippen molar-refractivity contribution in [3.05, 3.63) is 54.6 Å². The molecular weight excluding hydrogens is 494 g/mol. The molecule has 4 N–H and O–H groups in total. The number of nitrogens with two attached hydrogens (primary N) is 1. The maximum atomic E-state index is 13.1. The zero-order chi connectivity index (χ0) is 27.4. The minimum absolute atomic E-state index is 0.0423. The average molecular weight is 530 g/mol. The summed E-state index contributed by atoms with van der Waals surface area (Å²) in [6.45, 7) is 2.87. The molecule has 1 aliphatic heterocycles. The van der Waals surface area contributed by atoms with E-state index in [0.29, 0.717) is 40.9 Å². The fraction of sp³-hybridized carbons (Fsp3) is 0.429. The number of likely N-dealkylation sites (tertiary alicyclic amines) is 1. The maximum Gasteiger partial charge on any atom is 0.259 e. The van der Waals surface area contributed by atoms with Crippen molar-refractivity contribution in [3.63, 3.8) is 0 Å².